The van der Waals surface area contributed by atoms with E-state index in [0.29, 0.717) is 23.9 Å². The molecule has 24 heavy (non-hydrogen) atoms. The van der Waals surface area contributed by atoms with Crippen molar-refractivity contribution in [2.24, 2.45) is 5.92 Å². The number of anilines is 1. The molecule has 2 amide bonds. The normalized spacial score (nSPS) is 23.6. The second-order valence-electron chi connectivity index (χ2n) is 6.97. The molecule has 5 nitrogen and oxygen atoms in total. The number of aliphatic hydroxyl groups is 1. The zero-order valence-corrected chi connectivity index (χ0v) is 14.0. The summed E-state index contributed by atoms with van der Waals surface area (Å²) in [5.41, 5.74) is 0.494. The molecule has 6 heteroatoms. The van der Waals surface area contributed by atoms with Crippen molar-refractivity contribution in [3.05, 3.63) is 24.0 Å². The first-order valence-corrected chi connectivity index (χ1v) is 8.67. The summed E-state index contributed by atoms with van der Waals surface area (Å²) in [6.07, 6.45) is 5.53. The van der Waals surface area contributed by atoms with Crippen LogP contribution in [0.2, 0.25) is 0 Å². The number of hydrogen-bond acceptors (Lipinski definition) is 3. The number of urea groups is 1. The summed E-state index contributed by atoms with van der Waals surface area (Å²) in [5, 5.41) is 12.1. The maximum absolute atomic E-state index is 13.6. The van der Waals surface area contributed by atoms with Gasteiger partial charge in [0, 0.05) is 19.7 Å². The molecule has 0 aliphatic heterocycles. The van der Waals surface area contributed by atoms with Crippen LogP contribution in [0.1, 0.15) is 38.5 Å². The smallest absolute Gasteiger partial charge is 0.321 e. The number of carbonyl (C=O) groups is 1. The second-order valence-corrected chi connectivity index (χ2v) is 6.97. The predicted molar refractivity (Wildman–Crippen MR) is 89.7 cm³/mol. The highest BCUT2D eigenvalue weighted by Crippen LogP contribution is 2.31. The van der Waals surface area contributed by atoms with E-state index in [-0.39, 0.29) is 24.1 Å². The average molecular weight is 336 g/mol. The lowest BCUT2D eigenvalue weighted by molar-refractivity contribution is 0.0332. The third-order valence-corrected chi connectivity index (χ3v) is 4.87. The number of amides is 2. The van der Waals surface area contributed by atoms with Crippen molar-refractivity contribution in [1.29, 1.82) is 0 Å². The first kappa shape index (κ1) is 17.0. The Morgan fingerprint density at radius 1 is 1.38 bits per heavy atom. The van der Waals surface area contributed by atoms with E-state index < -0.39 is 0 Å². The van der Waals surface area contributed by atoms with Crippen LogP contribution in [-0.4, -0.2) is 41.8 Å². The number of hydrogen-bond donors (Lipinski definition) is 2. The maximum atomic E-state index is 13.6. The molecule has 0 bridgehead atoms. The summed E-state index contributed by atoms with van der Waals surface area (Å²) >= 11 is 0. The Morgan fingerprint density at radius 2 is 2.08 bits per heavy atom. The fraction of sp³-hybridized carbons (Fsp3) is 0.611. The fourth-order valence-electron chi connectivity index (χ4n) is 3.41. The van der Waals surface area contributed by atoms with E-state index >= 15 is 0 Å². The van der Waals surface area contributed by atoms with E-state index in [9.17, 15) is 14.3 Å². The fourth-order valence-corrected chi connectivity index (χ4v) is 3.41. The Hall–Kier alpha value is -1.82. The minimum Gasteiger partial charge on any atom is -0.488 e. The molecule has 0 atom stereocenters. The SMILES string of the molecule is CN(CC1CC(O)C1)C(=O)Nc1ccc(F)cc1OC1CCCC1. The number of carbonyl (C=O) groups excluding carboxylic acids is 1. The summed E-state index contributed by atoms with van der Waals surface area (Å²) in [6, 6.07) is 3.94. The van der Waals surface area contributed by atoms with Gasteiger partial charge in [0.25, 0.3) is 0 Å². The Bertz CT molecular complexity index is 584. The molecule has 2 saturated carbocycles. The van der Waals surface area contributed by atoms with Crippen LogP contribution in [0.4, 0.5) is 14.9 Å². The molecule has 0 heterocycles. The summed E-state index contributed by atoms with van der Waals surface area (Å²) in [4.78, 5) is 13.9. The van der Waals surface area contributed by atoms with Crippen molar-refractivity contribution >= 4 is 11.7 Å². The first-order valence-electron chi connectivity index (χ1n) is 8.67. The highest BCUT2D eigenvalue weighted by Gasteiger charge is 2.29. The van der Waals surface area contributed by atoms with Crippen LogP contribution >= 0.6 is 0 Å². The molecule has 0 spiro atoms. The number of nitrogens with zero attached hydrogens (tertiary/aromatic N) is 1. The predicted octanol–water partition coefficient (Wildman–Crippen LogP) is 3.38. The molecule has 0 saturated heterocycles. The van der Waals surface area contributed by atoms with Crippen LogP contribution in [0.3, 0.4) is 0 Å². The van der Waals surface area contributed by atoms with Crippen molar-refractivity contribution in [1.82, 2.24) is 4.90 Å². The minimum absolute atomic E-state index is 0.0941. The standard InChI is InChI=1S/C18H25FN2O3/c1-21(11-12-8-14(22)9-12)18(23)20-16-7-6-13(19)10-17(16)24-15-4-2-3-5-15/h6-7,10,12,14-15,22H,2-5,8-9,11H2,1H3,(H,20,23). The molecule has 1 aromatic carbocycles. The highest BCUT2D eigenvalue weighted by molar-refractivity contribution is 5.90. The molecular weight excluding hydrogens is 311 g/mol. The van der Waals surface area contributed by atoms with Crippen LogP contribution < -0.4 is 10.1 Å². The van der Waals surface area contributed by atoms with Crippen molar-refractivity contribution in [3.63, 3.8) is 0 Å². The topological polar surface area (TPSA) is 61.8 Å². The minimum atomic E-state index is -0.377. The Morgan fingerprint density at radius 3 is 2.75 bits per heavy atom. The summed E-state index contributed by atoms with van der Waals surface area (Å²) in [5.74, 6) is 0.360. The summed E-state index contributed by atoms with van der Waals surface area (Å²) in [6.45, 7) is 0.600. The van der Waals surface area contributed by atoms with E-state index in [1.807, 2.05) is 0 Å². The van der Waals surface area contributed by atoms with Gasteiger partial charge in [-0.1, -0.05) is 0 Å². The second kappa shape index (κ2) is 7.38. The van der Waals surface area contributed by atoms with Crippen molar-refractivity contribution < 1.29 is 19.0 Å². The number of aliphatic hydroxyl groups excluding tert-OH is 1. The molecule has 132 valence electrons. The Labute approximate surface area is 141 Å². The van der Waals surface area contributed by atoms with E-state index in [2.05, 4.69) is 5.32 Å². The van der Waals surface area contributed by atoms with Gasteiger partial charge in [0.1, 0.15) is 11.6 Å². The molecule has 0 radical (unpaired) electrons. The van der Waals surface area contributed by atoms with Gasteiger partial charge in [-0.25, -0.2) is 9.18 Å². The lowest BCUT2D eigenvalue weighted by atomic mass is 9.82. The Balaban J connectivity index is 1.61. The zero-order valence-electron chi connectivity index (χ0n) is 14.0. The van der Waals surface area contributed by atoms with E-state index in [1.54, 1.807) is 18.0 Å². The number of rotatable bonds is 5. The van der Waals surface area contributed by atoms with Crippen LogP contribution in [0.15, 0.2) is 18.2 Å². The van der Waals surface area contributed by atoms with E-state index in [4.69, 9.17) is 4.74 Å². The summed E-state index contributed by atoms with van der Waals surface area (Å²) < 4.78 is 19.4. The number of halogens is 1. The van der Waals surface area contributed by atoms with Gasteiger partial charge in [-0.2, -0.15) is 0 Å². The van der Waals surface area contributed by atoms with E-state index in [1.165, 1.54) is 12.1 Å². The first-order chi connectivity index (χ1) is 11.5. The monoisotopic (exact) mass is 336 g/mol. The number of ether oxygens (including phenoxy) is 1. The van der Waals surface area contributed by atoms with Crippen LogP contribution in [0.5, 0.6) is 5.75 Å². The molecule has 1 aromatic rings. The third kappa shape index (κ3) is 4.17. The molecule has 0 unspecified atom stereocenters. The van der Waals surface area contributed by atoms with Crippen molar-refractivity contribution in [2.45, 2.75) is 50.7 Å². The third-order valence-electron chi connectivity index (χ3n) is 4.87. The molecule has 2 N–H and O–H groups in total. The lowest BCUT2D eigenvalue weighted by Gasteiger charge is -2.34. The van der Waals surface area contributed by atoms with Gasteiger partial charge in [0.2, 0.25) is 0 Å². The van der Waals surface area contributed by atoms with Gasteiger partial charge in [-0.3, -0.25) is 0 Å². The summed E-state index contributed by atoms with van der Waals surface area (Å²) in [7, 11) is 1.72. The highest BCUT2D eigenvalue weighted by atomic mass is 19.1. The van der Waals surface area contributed by atoms with Gasteiger partial charge in [-0.15, -0.1) is 0 Å². The average Bonchev–Trinajstić information content (AvgIpc) is 3.01. The lowest BCUT2D eigenvalue weighted by Crippen LogP contribution is -2.41. The Kier molecular flexibility index (Phi) is 5.23. The van der Waals surface area contributed by atoms with Gasteiger partial charge < -0.3 is 20.1 Å². The van der Waals surface area contributed by atoms with Crippen LogP contribution in [0, 0.1) is 11.7 Å². The van der Waals surface area contributed by atoms with Gasteiger partial charge in [-0.05, 0) is 56.6 Å². The van der Waals surface area contributed by atoms with Gasteiger partial charge >= 0.3 is 6.03 Å². The van der Waals surface area contributed by atoms with Gasteiger partial charge in [0.15, 0.2) is 0 Å². The molecule has 0 aromatic heterocycles. The zero-order chi connectivity index (χ0) is 17.1. The van der Waals surface area contributed by atoms with Crippen LogP contribution in [0.25, 0.3) is 0 Å². The molecule has 2 aliphatic rings. The van der Waals surface area contributed by atoms with Gasteiger partial charge in [0.05, 0.1) is 17.9 Å². The number of nitrogens with one attached hydrogen (secondary N) is 1. The van der Waals surface area contributed by atoms with Crippen molar-refractivity contribution in [2.75, 3.05) is 18.9 Å². The number of benzene rings is 1. The van der Waals surface area contributed by atoms with Crippen molar-refractivity contribution in [3.8, 4) is 5.75 Å². The molecule has 2 aliphatic carbocycles. The van der Waals surface area contributed by atoms with Crippen LogP contribution in [-0.2, 0) is 0 Å². The van der Waals surface area contributed by atoms with E-state index in [0.717, 1.165) is 38.5 Å². The maximum Gasteiger partial charge on any atom is 0.321 e. The quantitative estimate of drug-likeness (QED) is 0.866. The largest absolute Gasteiger partial charge is 0.488 e. The molecule has 3 rings (SSSR count). The molecule has 2 fully saturated rings. The molecular formula is C18H25FN2O3.